The van der Waals surface area contributed by atoms with Crippen LogP contribution in [0, 0.1) is 0 Å². The monoisotopic (exact) mass is 310 g/mol. The highest BCUT2D eigenvalue weighted by Crippen LogP contribution is 2.34. The SMILES string of the molecule is CCC(C(=O)c1ccc(N(C)C)cc1)(c1ccccc1)N(C)C. The molecule has 0 aliphatic rings. The van der Waals surface area contributed by atoms with E-state index in [1.807, 2.05) is 92.6 Å². The Morgan fingerprint density at radius 1 is 0.913 bits per heavy atom. The average molecular weight is 310 g/mol. The Balaban J connectivity index is 2.49. The Hall–Kier alpha value is -2.13. The van der Waals surface area contributed by atoms with Crippen molar-refractivity contribution in [1.82, 2.24) is 4.90 Å². The number of anilines is 1. The minimum atomic E-state index is -0.638. The number of Topliss-reactive ketones (excluding diaryl/α,β-unsaturated/α-hetero) is 1. The summed E-state index contributed by atoms with van der Waals surface area (Å²) in [5, 5.41) is 0. The maximum Gasteiger partial charge on any atom is 0.187 e. The minimum Gasteiger partial charge on any atom is -0.378 e. The molecule has 0 saturated carbocycles. The number of likely N-dealkylation sites (N-methyl/N-ethyl adjacent to an activating group) is 1. The molecule has 122 valence electrons. The van der Waals surface area contributed by atoms with Crippen LogP contribution in [-0.2, 0) is 5.54 Å². The molecule has 2 aromatic rings. The predicted molar refractivity (Wildman–Crippen MR) is 97.2 cm³/mol. The summed E-state index contributed by atoms with van der Waals surface area (Å²) in [5.41, 5.74) is 2.23. The van der Waals surface area contributed by atoms with Crippen molar-refractivity contribution in [2.75, 3.05) is 33.1 Å². The molecule has 0 spiro atoms. The fourth-order valence-electron chi connectivity index (χ4n) is 3.14. The van der Waals surface area contributed by atoms with Crippen molar-refractivity contribution in [3.63, 3.8) is 0 Å². The van der Waals surface area contributed by atoms with Gasteiger partial charge in [-0.1, -0.05) is 37.3 Å². The van der Waals surface area contributed by atoms with Crippen LogP contribution in [0.25, 0.3) is 0 Å². The van der Waals surface area contributed by atoms with Crippen molar-refractivity contribution >= 4 is 11.5 Å². The van der Waals surface area contributed by atoms with Gasteiger partial charge in [0.25, 0.3) is 0 Å². The van der Waals surface area contributed by atoms with Gasteiger partial charge in [0.15, 0.2) is 5.78 Å². The molecule has 0 aliphatic carbocycles. The molecule has 0 amide bonds. The number of hydrogen-bond donors (Lipinski definition) is 0. The Morgan fingerprint density at radius 3 is 1.91 bits per heavy atom. The molecular formula is C20H26N2O. The molecule has 0 heterocycles. The van der Waals surface area contributed by atoms with E-state index in [9.17, 15) is 4.79 Å². The lowest BCUT2D eigenvalue weighted by Gasteiger charge is -2.38. The molecule has 2 aromatic carbocycles. The average Bonchev–Trinajstić information content (AvgIpc) is 2.56. The predicted octanol–water partition coefficient (Wildman–Crippen LogP) is 3.80. The highest BCUT2D eigenvalue weighted by molar-refractivity contribution is 6.04. The first kappa shape index (κ1) is 17.2. The van der Waals surface area contributed by atoms with Crippen LogP contribution < -0.4 is 4.90 Å². The van der Waals surface area contributed by atoms with Gasteiger partial charge in [-0.2, -0.15) is 0 Å². The topological polar surface area (TPSA) is 23.6 Å². The molecule has 23 heavy (non-hydrogen) atoms. The third kappa shape index (κ3) is 3.15. The van der Waals surface area contributed by atoms with Crippen LogP contribution in [0.4, 0.5) is 5.69 Å². The van der Waals surface area contributed by atoms with Crippen LogP contribution in [0.1, 0.15) is 29.3 Å². The second-order valence-electron chi connectivity index (χ2n) is 6.24. The summed E-state index contributed by atoms with van der Waals surface area (Å²) >= 11 is 0. The molecule has 0 aromatic heterocycles. The molecule has 3 nitrogen and oxygen atoms in total. The smallest absolute Gasteiger partial charge is 0.187 e. The first-order chi connectivity index (χ1) is 10.9. The maximum atomic E-state index is 13.4. The van der Waals surface area contributed by atoms with E-state index in [4.69, 9.17) is 0 Å². The highest BCUT2D eigenvalue weighted by atomic mass is 16.1. The van der Waals surface area contributed by atoms with Crippen molar-refractivity contribution in [1.29, 1.82) is 0 Å². The van der Waals surface area contributed by atoms with Gasteiger partial charge in [0.2, 0.25) is 0 Å². The lowest BCUT2D eigenvalue weighted by molar-refractivity contribution is 0.0660. The van der Waals surface area contributed by atoms with E-state index >= 15 is 0 Å². The van der Waals surface area contributed by atoms with Gasteiger partial charge in [0.1, 0.15) is 5.54 Å². The molecule has 0 saturated heterocycles. The summed E-state index contributed by atoms with van der Waals surface area (Å²) < 4.78 is 0. The van der Waals surface area contributed by atoms with E-state index in [-0.39, 0.29) is 5.78 Å². The molecule has 2 rings (SSSR count). The Kier molecular flexibility index (Phi) is 5.22. The largest absolute Gasteiger partial charge is 0.378 e. The van der Waals surface area contributed by atoms with Gasteiger partial charge < -0.3 is 4.90 Å². The van der Waals surface area contributed by atoms with Crippen molar-refractivity contribution in [2.45, 2.75) is 18.9 Å². The lowest BCUT2D eigenvalue weighted by atomic mass is 9.79. The number of ketones is 1. The zero-order valence-corrected chi connectivity index (χ0v) is 14.7. The second kappa shape index (κ2) is 6.97. The van der Waals surface area contributed by atoms with Gasteiger partial charge in [-0.15, -0.1) is 0 Å². The van der Waals surface area contributed by atoms with Gasteiger partial charge in [0.05, 0.1) is 0 Å². The Labute approximate surface area is 139 Å². The third-order valence-electron chi connectivity index (χ3n) is 4.55. The van der Waals surface area contributed by atoms with Crippen molar-refractivity contribution in [3.05, 3.63) is 65.7 Å². The summed E-state index contributed by atoms with van der Waals surface area (Å²) in [5.74, 6) is 0.140. The molecule has 3 heteroatoms. The summed E-state index contributed by atoms with van der Waals surface area (Å²) in [6, 6.07) is 17.9. The molecule has 0 bridgehead atoms. The first-order valence-electron chi connectivity index (χ1n) is 7.98. The molecule has 0 N–H and O–H groups in total. The molecule has 0 radical (unpaired) electrons. The first-order valence-corrected chi connectivity index (χ1v) is 7.98. The number of hydrogen-bond acceptors (Lipinski definition) is 3. The lowest BCUT2D eigenvalue weighted by Crippen LogP contribution is -2.48. The van der Waals surface area contributed by atoms with Crippen LogP contribution in [-0.4, -0.2) is 38.9 Å². The zero-order chi connectivity index (χ0) is 17.0. The number of nitrogens with zero attached hydrogens (tertiary/aromatic N) is 2. The van der Waals surface area contributed by atoms with Gasteiger partial charge in [0, 0.05) is 25.3 Å². The number of carbonyl (C=O) groups excluding carboxylic acids is 1. The van der Waals surface area contributed by atoms with Gasteiger partial charge in [-0.3, -0.25) is 9.69 Å². The summed E-state index contributed by atoms with van der Waals surface area (Å²) in [4.78, 5) is 17.4. The molecule has 0 fully saturated rings. The van der Waals surface area contributed by atoms with Crippen LogP contribution >= 0.6 is 0 Å². The van der Waals surface area contributed by atoms with E-state index < -0.39 is 5.54 Å². The fourth-order valence-corrected chi connectivity index (χ4v) is 3.14. The standard InChI is InChI=1S/C20H26N2O/c1-6-20(22(4)5,17-10-8-7-9-11-17)19(23)16-12-14-18(15-13-16)21(2)3/h7-15H,6H2,1-5H3. The fraction of sp³-hybridized carbons (Fsp3) is 0.350. The normalized spacial score (nSPS) is 13.7. The Morgan fingerprint density at radius 2 is 1.48 bits per heavy atom. The molecule has 1 unspecified atom stereocenters. The second-order valence-corrected chi connectivity index (χ2v) is 6.24. The Bertz CT molecular complexity index is 647. The zero-order valence-electron chi connectivity index (χ0n) is 14.7. The van der Waals surface area contributed by atoms with Crippen molar-refractivity contribution in [2.24, 2.45) is 0 Å². The van der Waals surface area contributed by atoms with Crippen molar-refractivity contribution in [3.8, 4) is 0 Å². The van der Waals surface area contributed by atoms with E-state index in [0.717, 1.165) is 23.2 Å². The van der Waals surface area contributed by atoms with Crippen LogP contribution in [0.2, 0.25) is 0 Å². The maximum absolute atomic E-state index is 13.4. The van der Waals surface area contributed by atoms with Gasteiger partial charge in [-0.25, -0.2) is 0 Å². The molecular weight excluding hydrogens is 284 g/mol. The van der Waals surface area contributed by atoms with E-state index in [0.29, 0.717) is 0 Å². The van der Waals surface area contributed by atoms with Crippen LogP contribution in [0.3, 0.4) is 0 Å². The van der Waals surface area contributed by atoms with Crippen LogP contribution in [0.15, 0.2) is 54.6 Å². The van der Waals surface area contributed by atoms with E-state index in [2.05, 4.69) is 6.92 Å². The van der Waals surface area contributed by atoms with Crippen molar-refractivity contribution < 1.29 is 4.79 Å². The van der Waals surface area contributed by atoms with Crippen LogP contribution in [0.5, 0.6) is 0 Å². The highest BCUT2D eigenvalue weighted by Gasteiger charge is 2.40. The molecule has 0 aliphatic heterocycles. The summed E-state index contributed by atoms with van der Waals surface area (Å²) in [6.07, 6.45) is 0.721. The van der Waals surface area contributed by atoms with E-state index in [1.54, 1.807) is 0 Å². The minimum absolute atomic E-state index is 0.140. The summed E-state index contributed by atoms with van der Waals surface area (Å²) in [6.45, 7) is 2.07. The van der Waals surface area contributed by atoms with E-state index in [1.165, 1.54) is 0 Å². The quantitative estimate of drug-likeness (QED) is 0.758. The van der Waals surface area contributed by atoms with Gasteiger partial charge >= 0.3 is 0 Å². The third-order valence-corrected chi connectivity index (χ3v) is 4.55. The number of carbonyl (C=O) groups is 1. The number of rotatable bonds is 6. The summed E-state index contributed by atoms with van der Waals surface area (Å²) in [7, 11) is 7.94. The number of benzene rings is 2. The molecule has 1 atom stereocenters. The van der Waals surface area contributed by atoms with Gasteiger partial charge in [-0.05, 0) is 50.3 Å².